The van der Waals surface area contributed by atoms with Crippen LogP contribution in [0.25, 0.3) is 0 Å². The Bertz CT molecular complexity index is 1440. The van der Waals surface area contributed by atoms with Crippen LogP contribution in [0.1, 0.15) is 52.7 Å². The van der Waals surface area contributed by atoms with Gasteiger partial charge in [-0.1, -0.05) is 64.1 Å². The number of hydrogen-bond donors (Lipinski definition) is 2. The number of para-hydroxylation sites is 2. The van der Waals surface area contributed by atoms with Crippen LogP contribution < -0.4 is 10.6 Å². The molecule has 0 unspecified atom stereocenters. The Morgan fingerprint density at radius 1 is 0.941 bits per heavy atom. The smallest absolute Gasteiger partial charge is 0.197 e. The number of Topliss-reactive ketones (excluding diaryl/α,β-unsaturated/α-hetero) is 1. The van der Waals surface area contributed by atoms with Gasteiger partial charge in [0.15, 0.2) is 12.0 Å². The summed E-state index contributed by atoms with van der Waals surface area (Å²) in [6.07, 6.45) is 2.04. The molecule has 0 saturated heterocycles. The van der Waals surface area contributed by atoms with Gasteiger partial charge in [0, 0.05) is 22.2 Å². The zero-order valence-corrected chi connectivity index (χ0v) is 20.4. The largest absolute Gasteiger partial charge is 0.358 e. The summed E-state index contributed by atoms with van der Waals surface area (Å²) < 4.78 is 0. The number of carbonyl (C=O) groups excluding carboxylic acids is 1. The number of anilines is 1. The van der Waals surface area contributed by atoms with E-state index in [-0.39, 0.29) is 16.6 Å². The van der Waals surface area contributed by atoms with Gasteiger partial charge in [0.1, 0.15) is 0 Å². The average Bonchev–Trinajstić information content (AvgIpc) is 3.23. The van der Waals surface area contributed by atoms with Gasteiger partial charge in [-0.05, 0) is 48.3 Å². The standard InChI is InChI=1S/C29H28N4O/c1-16(26-28(3,4)18-11-7-9-13-20(18)32-26)22-24(31-15-30)23(25(22)34)17(2)27-29(5,6)19-12-8-10-14-21(19)33-27/h7-14,31-32H,1-6H3. The minimum atomic E-state index is -0.328. The summed E-state index contributed by atoms with van der Waals surface area (Å²) in [7, 11) is 0. The van der Waals surface area contributed by atoms with Crippen LogP contribution in [0.4, 0.5) is 11.4 Å². The van der Waals surface area contributed by atoms with Crippen LogP contribution in [0, 0.1) is 11.5 Å². The third kappa shape index (κ3) is 2.85. The number of benzene rings is 2. The summed E-state index contributed by atoms with van der Waals surface area (Å²) >= 11 is 0. The quantitative estimate of drug-likeness (QED) is 0.345. The van der Waals surface area contributed by atoms with Crippen molar-refractivity contribution in [3.8, 4) is 6.19 Å². The highest BCUT2D eigenvalue weighted by molar-refractivity contribution is 6.27. The maximum atomic E-state index is 13.6. The second kappa shape index (κ2) is 7.30. The normalized spacial score (nSPS) is 22.1. The summed E-state index contributed by atoms with van der Waals surface area (Å²) in [5, 5.41) is 15.8. The molecule has 0 aromatic heterocycles. The van der Waals surface area contributed by atoms with E-state index < -0.39 is 0 Å². The zero-order chi connectivity index (χ0) is 24.4. The van der Waals surface area contributed by atoms with Crippen LogP contribution in [0.5, 0.6) is 0 Å². The predicted octanol–water partition coefficient (Wildman–Crippen LogP) is 5.95. The van der Waals surface area contributed by atoms with Gasteiger partial charge in [-0.15, -0.1) is 0 Å². The fraction of sp³-hybridized carbons (Fsp3) is 0.276. The molecule has 2 aromatic carbocycles. The van der Waals surface area contributed by atoms with Crippen molar-refractivity contribution >= 4 is 22.9 Å². The van der Waals surface area contributed by atoms with Crippen molar-refractivity contribution in [2.24, 2.45) is 4.99 Å². The molecule has 5 heteroatoms. The minimum Gasteiger partial charge on any atom is -0.358 e. The molecule has 5 nitrogen and oxygen atoms in total. The van der Waals surface area contributed by atoms with E-state index in [9.17, 15) is 10.1 Å². The molecule has 0 spiro atoms. The van der Waals surface area contributed by atoms with Gasteiger partial charge >= 0.3 is 0 Å². The first-order valence-corrected chi connectivity index (χ1v) is 11.5. The molecule has 5 rings (SSSR count). The van der Waals surface area contributed by atoms with Crippen LogP contribution in [0.3, 0.4) is 0 Å². The van der Waals surface area contributed by atoms with E-state index in [0.717, 1.165) is 39.5 Å². The van der Waals surface area contributed by atoms with E-state index in [4.69, 9.17) is 4.99 Å². The van der Waals surface area contributed by atoms with E-state index >= 15 is 0 Å². The van der Waals surface area contributed by atoms with Crippen LogP contribution in [-0.4, -0.2) is 11.5 Å². The highest BCUT2D eigenvalue weighted by Crippen LogP contribution is 2.49. The van der Waals surface area contributed by atoms with Gasteiger partial charge in [-0.2, -0.15) is 5.26 Å². The molecule has 2 N–H and O–H groups in total. The summed E-state index contributed by atoms with van der Waals surface area (Å²) in [6, 6.07) is 16.3. The molecule has 34 heavy (non-hydrogen) atoms. The Morgan fingerprint density at radius 2 is 1.59 bits per heavy atom. The first-order chi connectivity index (χ1) is 16.1. The van der Waals surface area contributed by atoms with Crippen LogP contribution in [-0.2, 0) is 15.6 Å². The number of aliphatic imine (C=N–C) groups is 1. The molecule has 2 heterocycles. The SMILES string of the molecule is CC(C1=Nc2ccccc2C1(C)C)=C1C(=O)C(C(C)=C2Nc3ccccc3C2(C)C)=C1NC#N. The average molecular weight is 449 g/mol. The van der Waals surface area contributed by atoms with E-state index in [1.807, 2.05) is 50.4 Å². The molecule has 0 atom stereocenters. The lowest BCUT2D eigenvalue weighted by atomic mass is 9.72. The molecule has 2 aromatic rings. The molecule has 1 aliphatic carbocycles. The van der Waals surface area contributed by atoms with Gasteiger partial charge in [0.25, 0.3) is 0 Å². The van der Waals surface area contributed by atoms with Gasteiger partial charge in [0.2, 0.25) is 0 Å². The number of hydrogen-bond acceptors (Lipinski definition) is 5. The van der Waals surface area contributed by atoms with Crippen LogP contribution in [0.2, 0.25) is 0 Å². The highest BCUT2D eigenvalue weighted by atomic mass is 16.1. The fourth-order valence-corrected chi connectivity index (χ4v) is 5.72. The topological polar surface area (TPSA) is 77.3 Å². The first kappa shape index (κ1) is 21.9. The van der Waals surface area contributed by atoms with Gasteiger partial charge in [-0.25, -0.2) is 0 Å². The lowest BCUT2D eigenvalue weighted by molar-refractivity contribution is -0.113. The molecular formula is C29H28N4O. The lowest BCUT2D eigenvalue weighted by Crippen LogP contribution is -2.36. The van der Waals surface area contributed by atoms with Crippen LogP contribution in [0.15, 0.2) is 87.2 Å². The van der Waals surface area contributed by atoms with Crippen LogP contribution >= 0.6 is 0 Å². The molecule has 170 valence electrons. The molecule has 0 amide bonds. The van der Waals surface area contributed by atoms with Crippen molar-refractivity contribution in [3.63, 3.8) is 0 Å². The number of fused-ring (bicyclic) bond motifs is 2. The van der Waals surface area contributed by atoms with E-state index in [1.54, 1.807) is 0 Å². The molecule has 2 aliphatic heterocycles. The Balaban J connectivity index is 1.64. The molecular weight excluding hydrogens is 420 g/mol. The number of carbonyl (C=O) groups is 1. The van der Waals surface area contributed by atoms with Crippen molar-refractivity contribution in [1.29, 1.82) is 5.26 Å². The van der Waals surface area contributed by atoms with E-state index in [1.165, 1.54) is 5.56 Å². The van der Waals surface area contributed by atoms with Crippen molar-refractivity contribution in [2.45, 2.75) is 52.4 Å². The highest BCUT2D eigenvalue weighted by Gasteiger charge is 2.44. The second-order valence-electron chi connectivity index (χ2n) is 10.2. The maximum Gasteiger partial charge on any atom is 0.197 e. The second-order valence-corrected chi connectivity index (χ2v) is 10.2. The number of nitrogens with one attached hydrogen (secondary N) is 2. The van der Waals surface area contributed by atoms with Crippen molar-refractivity contribution in [1.82, 2.24) is 5.32 Å². The zero-order valence-electron chi connectivity index (χ0n) is 20.4. The number of nitriles is 1. The third-order valence-corrected chi connectivity index (χ3v) is 7.50. The molecule has 0 radical (unpaired) electrons. The van der Waals surface area contributed by atoms with Crippen molar-refractivity contribution in [2.75, 3.05) is 5.32 Å². The Morgan fingerprint density at radius 3 is 2.24 bits per heavy atom. The third-order valence-electron chi connectivity index (χ3n) is 7.50. The fourth-order valence-electron chi connectivity index (χ4n) is 5.72. The Labute approximate surface area is 200 Å². The lowest BCUT2D eigenvalue weighted by Gasteiger charge is -2.32. The summed E-state index contributed by atoms with van der Waals surface area (Å²) in [5.74, 6) is -0.0525. The number of ketones is 1. The van der Waals surface area contributed by atoms with Gasteiger partial charge in [0.05, 0.1) is 28.2 Å². The van der Waals surface area contributed by atoms with E-state index in [0.29, 0.717) is 16.8 Å². The Hall–Kier alpha value is -3.91. The summed E-state index contributed by atoms with van der Waals surface area (Å²) in [5.41, 5.74) is 8.92. The number of rotatable bonds is 3. The van der Waals surface area contributed by atoms with Gasteiger partial charge < -0.3 is 5.32 Å². The van der Waals surface area contributed by atoms with Crippen molar-refractivity contribution in [3.05, 3.63) is 93.3 Å². The Kier molecular flexibility index (Phi) is 4.70. The van der Waals surface area contributed by atoms with E-state index in [2.05, 4.69) is 56.5 Å². The van der Waals surface area contributed by atoms with Crippen molar-refractivity contribution < 1.29 is 4.79 Å². The summed E-state index contributed by atoms with van der Waals surface area (Å²) in [6.45, 7) is 12.5. The first-order valence-electron chi connectivity index (χ1n) is 11.5. The predicted molar refractivity (Wildman–Crippen MR) is 136 cm³/mol. The summed E-state index contributed by atoms with van der Waals surface area (Å²) in [4.78, 5) is 18.5. The molecule has 0 bridgehead atoms. The monoisotopic (exact) mass is 448 g/mol. The maximum absolute atomic E-state index is 13.6. The molecule has 3 aliphatic rings. The minimum absolute atomic E-state index is 0.0525. The van der Waals surface area contributed by atoms with Gasteiger partial charge in [-0.3, -0.25) is 15.1 Å². The number of nitrogens with zero attached hydrogens (tertiary/aromatic N) is 2. The number of allylic oxidation sites excluding steroid dienone is 5. The molecule has 0 fully saturated rings. The molecule has 0 saturated carbocycles.